The van der Waals surface area contributed by atoms with Crippen LogP contribution in [-0.4, -0.2) is 38.2 Å². The second-order valence-corrected chi connectivity index (χ2v) is 7.45. The molecule has 2 aromatic carbocycles. The fourth-order valence-corrected chi connectivity index (χ4v) is 3.00. The minimum atomic E-state index is -0.455. The van der Waals surface area contributed by atoms with Gasteiger partial charge in [0.15, 0.2) is 0 Å². The molecule has 154 valence electrons. The van der Waals surface area contributed by atoms with Crippen LogP contribution < -0.4 is 10.1 Å². The van der Waals surface area contributed by atoms with Crippen LogP contribution in [0.15, 0.2) is 54.6 Å². The van der Waals surface area contributed by atoms with Crippen LogP contribution in [0.2, 0.25) is 0 Å². The molecule has 1 heterocycles. The number of ether oxygens (including phenoxy) is 3. The SMILES string of the molecule is CC1(c2ccc(OCCCC(=O)NCC(=O)OCc3ccccc3)cc2)COC1. The third-order valence-electron chi connectivity index (χ3n) is 4.88. The van der Waals surface area contributed by atoms with Crippen LogP contribution in [-0.2, 0) is 31.1 Å². The molecule has 0 radical (unpaired) electrons. The van der Waals surface area contributed by atoms with Crippen molar-refractivity contribution in [3.63, 3.8) is 0 Å². The molecule has 2 aromatic rings. The van der Waals surface area contributed by atoms with Crippen LogP contribution in [0.5, 0.6) is 5.75 Å². The summed E-state index contributed by atoms with van der Waals surface area (Å²) in [6, 6.07) is 17.4. The van der Waals surface area contributed by atoms with Crippen molar-refractivity contribution in [1.82, 2.24) is 5.32 Å². The topological polar surface area (TPSA) is 73.9 Å². The predicted octanol–water partition coefficient (Wildman–Crippen LogP) is 2.99. The average molecular weight is 397 g/mol. The zero-order valence-corrected chi connectivity index (χ0v) is 16.7. The summed E-state index contributed by atoms with van der Waals surface area (Å²) in [5, 5.41) is 2.57. The summed E-state index contributed by atoms with van der Waals surface area (Å²) in [5.74, 6) is 0.130. The van der Waals surface area contributed by atoms with Gasteiger partial charge in [0, 0.05) is 11.8 Å². The van der Waals surface area contributed by atoms with Crippen LogP contribution in [0, 0.1) is 0 Å². The van der Waals surface area contributed by atoms with Crippen molar-refractivity contribution in [2.45, 2.75) is 31.8 Å². The highest BCUT2D eigenvalue weighted by Gasteiger charge is 2.34. The van der Waals surface area contributed by atoms with Crippen molar-refractivity contribution in [3.8, 4) is 5.75 Å². The quantitative estimate of drug-likeness (QED) is 0.493. The van der Waals surface area contributed by atoms with Gasteiger partial charge in [-0.05, 0) is 29.7 Å². The fourth-order valence-electron chi connectivity index (χ4n) is 3.00. The van der Waals surface area contributed by atoms with Gasteiger partial charge in [-0.25, -0.2) is 0 Å². The molecular formula is C23H27NO5. The third-order valence-corrected chi connectivity index (χ3v) is 4.88. The maximum absolute atomic E-state index is 11.8. The summed E-state index contributed by atoms with van der Waals surface area (Å²) in [6.07, 6.45) is 0.859. The first-order chi connectivity index (χ1) is 14.0. The lowest BCUT2D eigenvalue weighted by Gasteiger charge is -2.38. The molecule has 0 bridgehead atoms. The van der Waals surface area contributed by atoms with E-state index in [2.05, 4.69) is 24.4 Å². The van der Waals surface area contributed by atoms with E-state index >= 15 is 0 Å². The summed E-state index contributed by atoms with van der Waals surface area (Å²) < 4.78 is 16.1. The van der Waals surface area contributed by atoms with Crippen LogP contribution in [0.1, 0.15) is 30.9 Å². The van der Waals surface area contributed by atoms with Gasteiger partial charge >= 0.3 is 5.97 Å². The largest absolute Gasteiger partial charge is 0.494 e. The zero-order chi connectivity index (χ0) is 20.5. The fraction of sp³-hybridized carbons (Fsp3) is 0.391. The molecule has 1 N–H and O–H groups in total. The molecule has 3 rings (SSSR count). The van der Waals surface area contributed by atoms with Crippen molar-refractivity contribution in [3.05, 3.63) is 65.7 Å². The maximum atomic E-state index is 11.8. The van der Waals surface area contributed by atoms with E-state index in [4.69, 9.17) is 14.2 Å². The van der Waals surface area contributed by atoms with Crippen LogP contribution in [0.4, 0.5) is 0 Å². The lowest BCUT2D eigenvalue weighted by atomic mass is 9.81. The highest BCUT2D eigenvalue weighted by atomic mass is 16.5. The van der Waals surface area contributed by atoms with Gasteiger partial charge in [-0.3, -0.25) is 9.59 Å². The third kappa shape index (κ3) is 6.32. The molecule has 1 fully saturated rings. The van der Waals surface area contributed by atoms with Gasteiger partial charge in [0.05, 0.1) is 19.8 Å². The first kappa shape index (κ1) is 20.9. The number of rotatable bonds is 10. The Morgan fingerprint density at radius 1 is 1.07 bits per heavy atom. The Labute approximate surface area is 171 Å². The minimum Gasteiger partial charge on any atom is -0.494 e. The van der Waals surface area contributed by atoms with Crippen molar-refractivity contribution in [2.75, 3.05) is 26.4 Å². The van der Waals surface area contributed by atoms with E-state index in [1.165, 1.54) is 5.56 Å². The first-order valence-electron chi connectivity index (χ1n) is 9.82. The molecular weight excluding hydrogens is 370 g/mol. The molecule has 0 unspecified atom stereocenters. The van der Waals surface area contributed by atoms with Gasteiger partial charge in [-0.15, -0.1) is 0 Å². The molecule has 0 saturated carbocycles. The van der Waals surface area contributed by atoms with Crippen molar-refractivity contribution in [2.24, 2.45) is 0 Å². The molecule has 6 heteroatoms. The Bertz CT molecular complexity index is 800. The minimum absolute atomic E-state index is 0.110. The number of amides is 1. The summed E-state index contributed by atoms with van der Waals surface area (Å²) in [6.45, 7) is 4.20. The van der Waals surface area contributed by atoms with E-state index in [0.717, 1.165) is 24.5 Å². The van der Waals surface area contributed by atoms with E-state index in [9.17, 15) is 9.59 Å². The van der Waals surface area contributed by atoms with Gasteiger partial charge < -0.3 is 19.5 Å². The van der Waals surface area contributed by atoms with E-state index in [1.54, 1.807) is 0 Å². The van der Waals surface area contributed by atoms with Crippen LogP contribution >= 0.6 is 0 Å². The molecule has 1 saturated heterocycles. The second kappa shape index (κ2) is 10.1. The van der Waals surface area contributed by atoms with E-state index in [1.807, 2.05) is 42.5 Å². The Morgan fingerprint density at radius 3 is 2.45 bits per heavy atom. The molecule has 1 aliphatic rings. The number of hydrogen-bond donors (Lipinski definition) is 1. The first-order valence-corrected chi connectivity index (χ1v) is 9.82. The van der Waals surface area contributed by atoms with Crippen LogP contribution in [0.3, 0.4) is 0 Å². The lowest BCUT2D eigenvalue weighted by Crippen LogP contribution is -2.43. The van der Waals surface area contributed by atoms with Gasteiger partial charge in [-0.2, -0.15) is 0 Å². The second-order valence-electron chi connectivity index (χ2n) is 7.45. The molecule has 0 aromatic heterocycles. The zero-order valence-electron chi connectivity index (χ0n) is 16.7. The van der Waals surface area contributed by atoms with Gasteiger partial charge in [0.2, 0.25) is 5.91 Å². The normalized spacial score (nSPS) is 14.5. The van der Waals surface area contributed by atoms with Crippen molar-refractivity contribution in [1.29, 1.82) is 0 Å². The Morgan fingerprint density at radius 2 is 1.79 bits per heavy atom. The molecule has 29 heavy (non-hydrogen) atoms. The van der Waals surface area contributed by atoms with E-state index in [-0.39, 0.29) is 24.5 Å². The smallest absolute Gasteiger partial charge is 0.325 e. The number of esters is 1. The number of carbonyl (C=O) groups excluding carboxylic acids is 2. The molecule has 0 aliphatic carbocycles. The number of hydrogen-bond acceptors (Lipinski definition) is 5. The Kier molecular flexibility index (Phi) is 7.25. The average Bonchev–Trinajstić information content (AvgIpc) is 2.73. The monoisotopic (exact) mass is 397 g/mol. The van der Waals surface area contributed by atoms with Crippen molar-refractivity contribution >= 4 is 11.9 Å². The Hall–Kier alpha value is -2.86. The molecule has 1 aliphatic heterocycles. The number of nitrogens with one attached hydrogen (secondary N) is 1. The van der Waals surface area contributed by atoms with Gasteiger partial charge in [-0.1, -0.05) is 49.4 Å². The molecule has 6 nitrogen and oxygen atoms in total. The summed E-state index contributed by atoms with van der Waals surface area (Å²) in [5.41, 5.74) is 2.26. The van der Waals surface area contributed by atoms with Gasteiger partial charge in [0.1, 0.15) is 18.9 Å². The van der Waals surface area contributed by atoms with E-state index < -0.39 is 5.97 Å². The molecule has 0 spiro atoms. The van der Waals surface area contributed by atoms with E-state index in [0.29, 0.717) is 19.4 Å². The van der Waals surface area contributed by atoms with Crippen molar-refractivity contribution < 1.29 is 23.8 Å². The standard InChI is InChI=1S/C23H27NO5/c1-23(16-27-17-23)19-9-11-20(12-10-19)28-13-5-8-21(25)24-14-22(26)29-15-18-6-3-2-4-7-18/h2-4,6-7,9-12H,5,8,13-17H2,1H3,(H,24,25). The number of carbonyl (C=O) groups is 2. The van der Waals surface area contributed by atoms with Gasteiger partial charge in [0.25, 0.3) is 0 Å². The maximum Gasteiger partial charge on any atom is 0.325 e. The summed E-state index contributed by atoms with van der Waals surface area (Å²) >= 11 is 0. The highest BCUT2D eigenvalue weighted by molar-refractivity contribution is 5.81. The Balaban J connectivity index is 1.26. The predicted molar refractivity (Wildman–Crippen MR) is 109 cm³/mol. The highest BCUT2D eigenvalue weighted by Crippen LogP contribution is 2.32. The number of benzene rings is 2. The lowest BCUT2D eigenvalue weighted by molar-refractivity contribution is -0.145. The van der Waals surface area contributed by atoms with Crippen LogP contribution in [0.25, 0.3) is 0 Å². The summed E-state index contributed by atoms with van der Waals surface area (Å²) in [4.78, 5) is 23.5. The molecule has 0 atom stereocenters. The summed E-state index contributed by atoms with van der Waals surface area (Å²) in [7, 11) is 0. The molecule has 1 amide bonds.